The summed E-state index contributed by atoms with van der Waals surface area (Å²) in [5.41, 5.74) is 0.693. The van der Waals surface area contributed by atoms with Crippen molar-refractivity contribution < 1.29 is 23.1 Å². The fraction of sp³-hybridized carbons (Fsp3) is 0.364. The number of carbonyl (C=O) groups is 1. The summed E-state index contributed by atoms with van der Waals surface area (Å²) in [5.74, 6) is 4.26. The van der Waals surface area contributed by atoms with Crippen LogP contribution in [0.15, 0.2) is 6.07 Å². The van der Waals surface area contributed by atoms with E-state index in [1.54, 1.807) is 12.2 Å². The number of amides is 1. The summed E-state index contributed by atoms with van der Waals surface area (Å²) in [6.07, 6.45) is -4.43. The lowest BCUT2D eigenvalue weighted by Gasteiger charge is -2.06. The topological polar surface area (TPSA) is 49.3 Å². The maximum absolute atomic E-state index is 11.9. The van der Waals surface area contributed by atoms with Crippen LogP contribution in [-0.4, -0.2) is 30.3 Å². The van der Waals surface area contributed by atoms with Gasteiger partial charge in [0.15, 0.2) is 0 Å². The maximum Gasteiger partial charge on any atom is 0.405 e. The predicted molar refractivity (Wildman–Crippen MR) is 61.4 cm³/mol. The van der Waals surface area contributed by atoms with Crippen molar-refractivity contribution in [1.29, 1.82) is 0 Å². The van der Waals surface area contributed by atoms with Crippen molar-refractivity contribution in [2.45, 2.75) is 13.1 Å². The molecular formula is C11H10F3NO2S. The Hall–Kier alpha value is -1.52. The van der Waals surface area contributed by atoms with Gasteiger partial charge in [0.05, 0.1) is 9.75 Å². The Balaban J connectivity index is 2.76. The molecule has 0 atom stereocenters. The Kier molecular flexibility index (Phi) is 4.76. The molecule has 0 bridgehead atoms. The quantitative estimate of drug-likeness (QED) is 0.808. The van der Waals surface area contributed by atoms with E-state index in [0.717, 1.165) is 11.3 Å². The molecule has 0 aliphatic carbocycles. The summed E-state index contributed by atoms with van der Waals surface area (Å²) >= 11 is 0.994. The summed E-state index contributed by atoms with van der Waals surface area (Å²) in [4.78, 5) is 12.2. The van der Waals surface area contributed by atoms with Crippen LogP contribution in [0.2, 0.25) is 0 Å². The van der Waals surface area contributed by atoms with E-state index in [2.05, 4.69) is 11.8 Å². The van der Waals surface area contributed by atoms with Crippen LogP contribution in [0.4, 0.5) is 13.2 Å². The molecule has 2 N–H and O–H groups in total. The smallest absolute Gasteiger partial charge is 0.384 e. The molecule has 7 heteroatoms. The van der Waals surface area contributed by atoms with Gasteiger partial charge < -0.3 is 10.4 Å². The maximum atomic E-state index is 11.9. The van der Waals surface area contributed by atoms with E-state index in [4.69, 9.17) is 5.11 Å². The normalized spacial score (nSPS) is 10.7. The van der Waals surface area contributed by atoms with Gasteiger partial charge in [-0.2, -0.15) is 13.2 Å². The number of hydrogen-bond donors (Lipinski definition) is 2. The van der Waals surface area contributed by atoms with Crippen LogP contribution in [0.5, 0.6) is 0 Å². The number of halogens is 3. The van der Waals surface area contributed by atoms with Crippen molar-refractivity contribution in [2.24, 2.45) is 0 Å². The van der Waals surface area contributed by atoms with Gasteiger partial charge >= 0.3 is 6.18 Å². The summed E-state index contributed by atoms with van der Waals surface area (Å²) in [6.45, 7) is 0.0196. The van der Waals surface area contributed by atoms with Gasteiger partial charge in [-0.1, -0.05) is 11.8 Å². The molecule has 1 aromatic rings. The summed E-state index contributed by atoms with van der Waals surface area (Å²) in [7, 11) is 0. The number of nitrogens with one attached hydrogen (secondary N) is 1. The van der Waals surface area contributed by atoms with E-state index in [0.29, 0.717) is 10.4 Å². The number of thiophene rings is 1. The second kappa shape index (κ2) is 5.89. The molecular weight excluding hydrogens is 267 g/mol. The van der Waals surface area contributed by atoms with Gasteiger partial charge in [-0.05, 0) is 18.6 Å². The van der Waals surface area contributed by atoms with Crippen molar-refractivity contribution in [3.05, 3.63) is 21.4 Å². The number of aliphatic hydroxyl groups excluding tert-OH is 1. The van der Waals surface area contributed by atoms with Gasteiger partial charge in [-0.3, -0.25) is 4.79 Å². The van der Waals surface area contributed by atoms with Crippen LogP contribution in [0, 0.1) is 18.8 Å². The molecule has 0 fully saturated rings. The minimum absolute atomic E-state index is 0.166. The van der Waals surface area contributed by atoms with Gasteiger partial charge in [0.2, 0.25) is 0 Å². The van der Waals surface area contributed by atoms with Gasteiger partial charge in [0, 0.05) is 0 Å². The first-order chi connectivity index (χ1) is 8.33. The molecule has 0 aromatic carbocycles. The second-order valence-corrected chi connectivity index (χ2v) is 4.43. The average Bonchev–Trinajstić information content (AvgIpc) is 2.64. The van der Waals surface area contributed by atoms with Crippen LogP contribution >= 0.6 is 11.3 Å². The molecule has 1 heterocycles. The lowest BCUT2D eigenvalue weighted by atomic mass is 10.2. The van der Waals surface area contributed by atoms with E-state index in [1.807, 2.05) is 0 Å². The third-order valence-corrected chi connectivity index (χ3v) is 3.02. The molecule has 18 heavy (non-hydrogen) atoms. The number of alkyl halides is 3. The van der Waals surface area contributed by atoms with E-state index in [-0.39, 0.29) is 11.5 Å². The monoisotopic (exact) mass is 277 g/mol. The fourth-order valence-electron chi connectivity index (χ4n) is 1.11. The average molecular weight is 277 g/mol. The predicted octanol–water partition coefficient (Wildman–Crippen LogP) is 1.69. The zero-order chi connectivity index (χ0) is 13.8. The summed E-state index contributed by atoms with van der Waals surface area (Å²) in [5, 5.41) is 10.3. The lowest BCUT2D eigenvalue weighted by molar-refractivity contribution is -0.123. The van der Waals surface area contributed by atoms with Crippen molar-refractivity contribution in [3.8, 4) is 11.8 Å². The molecule has 3 nitrogen and oxygen atoms in total. The molecule has 1 rings (SSSR count). The van der Waals surface area contributed by atoms with Crippen LogP contribution in [0.25, 0.3) is 0 Å². The zero-order valence-electron chi connectivity index (χ0n) is 9.39. The van der Waals surface area contributed by atoms with Crippen molar-refractivity contribution >= 4 is 17.2 Å². The third kappa shape index (κ3) is 4.39. The zero-order valence-corrected chi connectivity index (χ0v) is 10.2. The Labute approximate surface area is 106 Å². The number of carbonyl (C=O) groups excluding carboxylic acids is 1. The molecule has 1 aromatic heterocycles. The largest absolute Gasteiger partial charge is 0.405 e. The minimum atomic E-state index is -4.43. The van der Waals surface area contributed by atoms with Crippen molar-refractivity contribution in [1.82, 2.24) is 5.32 Å². The Bertz CT molecular complexity index is 497. The second-order valence-electron chi connectivity index (χ2n) is 3.38. The van der Waals surface area contributed by atoms with Gasteiger partial charge in [0.25, 0.3) is 5.91 Å². The first kappa shape index (κ1) is 14.5. The first-order valence-corrected chi connectivity index (χ1v) is 5.70. The molecule has 0 radical (unpaired) electrons. The molecule has 0 saturated heterocycles. The first-order valence-electron chi connectivity index (χ1n) is 4.88. The molecule has 0 saturated carbocycles. The van der Waals surface area contributed by atoms with E-state index < -0.39 is 18.6 Å². The highest BCUT2D eigenvalue weighted by Gasteiger charge is 2.28. The molecule has 1 amide bonds. The highest BCUT2D eigenvalue weighted by molar-refractivity contribution is 7.14. The number of aryl methyl sites for hydroxylation is 1. The van der Waals surface area contributed by atoms with E-state index in [9.17, 15) is 18.0 Å². The lowest BCUT2D eigenvalue weighted by Crippen LogP contribution is -2.33. The number of hydrogen-bond acceptors (Lipinski definition) is 3. The van der Waals surface area contributed by atoms with Gasteiger partial charge in [-0.25, -0.2) is 0 Å². The highest BCUT2D eigenvalue weighted by Crippen LogP contribution is 2.21. The highest BCUT2D eigenvalue weighted by atomic mass is 32.1. The minimum Gasteiger partial charge on any atom is -0.384 e. The standard InChI is InChI=1S/C11H10F3NO2S/c1-7-5-9(18-8(7)3-2-4-16)10(17)15-6-11(12,13)14/h5,16H,4,6H2,1H3,(H,15,17). The van der Waals surface area contributed by atoms with Crippen LogP contribution < -0.4 is 5.32 Å². The van der Waals surface area contributed by atoms with Gasteiger partial charge in [0.1, 0.15) is 13.2 Å². The summed E-state index contributed by atoms with van der Waals surface area (Å²) < 4.78 is 35.8. The Morgan fingerprint density at radius 2 is 2.22 bits per heavy atom. The van der Waals surface area contributed by atoms with E-state index in [1.165, 1.54) is 6.07 Å². The van der Waals surface area contributed by atoms with Gasteiger partial charge in [-0.15, -0.1) is 11.3 Å². The SMILES string of the molecule is Cc1cc(C(=O)NCC(F)(F)F)sc1C#CCO. The number of rotatable bonds is 2. The fourth-order valence-corrected chi connectivity index (χ4v) is 2.07. The Morgan fingerprint density at radius 3 is 2.78 bits per heavy atom. The molecule has 0 unspecified atom stereocenters. The molecule has 0 aliphatic heterocycles. The van der Waals surface area contributed by atoms with Crippen LogP contribution in [0.1, 0.15) is 20.1 Å². The van der Waals surface area contributed by atoms with Crippen molar-refractivity contribution in [2.75, 3.05) is 13.2 Å². The third-order valence-electron chi connectivity index (χ3n) is 1.87. The molecule has 0 aliphatic rings. The molecule has 0 spiro atoms. The van der Waals surface area contributed by atoms with Crippen LogP contribution in [-0.2, 0) is 0 Å². The summed E-state index contributed by atoms with van der Waals surface area (Å²) in [6, 6.07) is 1.47. The Morgan fingerprint density at radius 1 is 1.56 bits per heavy atom. The van der Waals surface area contributed by atoms with E-state index >= 15 is 0 Å². The van der Waals surface area contributed by atoms with Crippen LogP contribution in [0.3, 0.4) is 0 Å². The molecule has 98 valence electrons. The number of aliphatic hydroxyl groups is 1. The van der Waals surface area contributed by atoms with Crippen molar-refractivity contribution in [3.63, 3.8) is 0 Å².